The van der Waals surface area contributed by atoms with E-state index in [9.17, 15) is 0 Å². The van der Waals surface area contributed by atoms with Gasteiger partial charge in [-0.25, -0.2) is 0 Å². The van der Waals surface area contributed by atoms with Crippen molar-refractivity contribution in [2.24, 2.45) is 5.73 Å². The number of benzene rings is 1. The first-order chi connectivity index (χ1) is 7.59. The summed E-state index contributed by atoms with van der Waals surface area (Å²) in [7, 11) is 0. The van der Waals surface area contributed by atoms with Crippen LogP contribution in [0.3, 0.4) is 0 Å². The Morgan fingerprint density at radius 1 is 1.25 bits per heavy atom. The van der Waals surface area contributed by atoms with Gasteiger partial charge in [0, 0.05) is 18.8 Å². The number of nitrogens with two attached hydrogens (primary N) is 1. The molecule has 2 N–H and O–H groups in total. The summed E-state index contributed by atoms with van der Waals surface area (Å²) in [6, 6.07) is 7.56. The molecule has 1 heterocycles. The molecule has 1 nitrogen and oxygen atoms in total. The molecule has 2 rings (SSSR count). The van der Waals surface area contributed by atoms with Gasteiger partial charge in [-0.2, -0.15) is 0 Å². The average molecular weight is 382 g/mol. The second-order valence-corrected chi connectivity index (χ2v) is 6.40. The quantitative estimate of drug-likeness (QED) is 0.780. The Morgan fingerprint density at radius 2 is 2.00 bits per heavy atom. The molecule has 0 fully saturated rings. The van der Waals surface area contributed by atoms with E-state index in [0.717, 1.165) is 19.4 Å². The lowest BCUT2D eigenvalue weighted by atomic mass is 10.1. The van der Waals surface area contributed by atoms with Gasteiger partial charge in [0.1, 0.15) is 0 Å². The van der Waals surface area contributed by atoms with Gasteiger partial charge in [-0.3, -0.25) is 0 Å². The van der Waals surface area contributed by atoms with E-state index >= 15 is 0 Å². The van der Waals surface area contributed by atoms with E-state index in [-0.39, 0.29) is 6.04 Å². The van der Waals surface area contributed by atoms with Gasteiger partial charge in [0.05, 0.1) is 6.04 Å². The minimum Gasteiger partial charge on any atom is -0.320 e. The van der Waals surface area contributed by atoms with E-state index in [1.54, 1.807) is 11.3 Å². The summed E-state index contributed by atoms with van der Waals surface area (Å²) in [4.78, 5) is 1.09. The summed E-state index contributed by atoms with van der Waals surface area (Å²) in [6.45, 7) is 0. The zero-order chi connectivity index (χ0) is 11.7. The third-order valence-electron chi connectivity index (χ3n) is 2.22. The standard InChI is InChI=1S/C11H8Br2ClNS/c12-6-1-2-7(9(14)5-6)10(15)11-8(13)3-4-16-11/h1-5,10H,15H2. The van der Waals surface area contributed by atoms with Crippen molar-refractivity contribution in [3.63, 3.8) is 0 Å². The predicted octanol–water partition coefficient (Wildman–Crippen LogP) is 4.97. The highest BCUT2D eigenvalue weighted by Gasteiger charge is 2.16. The van der Waals surface area contributed by atoms with Gasteiger partial charge < -0.3 is 5.73 Å². The topological polar surface area (TPSA) is 26.0 Å². The summed E-state index contributed by atoms with van der Waals surface area (Å²) < 4.78 is 1.99. The van der Waals surface area contributed by atoms with E-state index in [2.05, 4.69) is 31.9 Å². The van der Waals surface area contributed by atoms with Crippen LogP contribution in [-0.2, 0) is 0 Å². The van der Waals surface area contributed by atoms with Crippen LogP contribution >= 0.6 is 54.8 Å². The Balaban J connectivity index is 2.41. The summed E-state index contributed by atoms with van der Waals surface area (Å²) >= 11 is 14.7. The molecule has 1 aromatic carbocycles. The molecule has 5 heteroatoms. The van der Waals surface area contributed by atoms with Crippen LogP contribution < -0.4 is 5.73 Å². The van der Waals surface area contributed by atoms with Gasteiger partial charge >= 0.3 is 0 Å². The van der Waals surface area contributed by atoms with E-state index in [4.69, 9.17) is 17.3 Å². The first kappa shape index (κ1) is 12.6. The first-order valence-corrected chi connectivity index (χ1v) is 7.37. The molecule has 1 unspecified atom stereocenters. The van der Waals surface area contributed by atoms with Crippen molar-refractivity contribution in [1.29, 1.82) is 0 Å². The van der Waals surface area contributed by atoms with Crippen LogP contribution in [0, 0.1) is 0 Å². The maximum Gasteiger partial charge on any atom is 0.0672 e. The predicted molar refractivity (Wildman–Crippen MR) is 77.2 cm³/mol. The van der Waals surface area contributed by atoms with Gasteiger partial charge in [-0.15, -0.1) is 11.3 Å². The maximum atomic E-state index is 6.19. The highest BCUT2D eigenvalue weighted by molar-refractivity contribution is 9.10. The van der Waals surface area contributed by atoms with Crippen molar-refractivity contribution in [3.8, 4) is 0 Å². The Labute approximate surface area is 120 Å². The third-order valence-corrected chi connectivity index (χ3v) is 5.00. The maximum absolute atomic E-state index is 6.19. The van der Waals surface area contributed by atoms with Gasteiger partial charge in [-0.05, 0) is 45.1 Å². The van der Waals surface area contributed by atoms with E-state index in [1.807, 2.05) is 29.6 Å². The summed E-state index contributed by atoms with van der Waals surface area (Å²) in [5, 5.41) is 2.69. The molecule has 1 aromatic heterocycles. The largest absolute Gasteiger partial charge is 0.320 e. The van der Waals surface area contributed by atoms with E-state index in [1.165, 1.54) is 0 Å². The molecule has 0 saturated heterocycles. The molecule has 84 valence electrons. The fourth-order valence-electron chi connectivity index (χ4n) is 1.42. The SMILES string of the molecule is NC(c1ccc(Br)cc1Cl)c1sccc1Br. The molecule has 0 aliphatic rings. The lowest BCUT2D eigenvalue weighted by Crippen LogP contribution is -2.11. The third kappa shape index (κ3) is 2.51. The summed E-state index contributed by atoms with van der Waals surface area (Å²) in [5.74, 6) is 0. The second kappa shape index (κ2) is 5.19. The van der Waals surface area contributed by atoms with Crippen LogP contribution in [-0.4, -0.2) is 0 Å². The molecule has 0 saturated carbocycles. The number of hydrogen-bond acceptors (Lipinski definition) is 2. The van der Waals surface area contributed by atoms with Crippen LogP contribution in [0.2, 0.25) is 5.02 Å². The summed E-state index contributed by atoms with van der Waals surface area (Å²) in [5.41, 5.74) is 7.13. The fourth-order valence-corrected chi connectivity index (χ4v) is 3.85. The lowest BCUT2D eigenvalue weighted by Gasteiger charge is -2.13. The van der Waals surface area contributed by atoms with Crippen LogP contribution in [0.5, 0.6) is 0 Å². The fraction of sp³-hybridized carbons (Fsp3) is 0.0909. The Morgan fingerprint density at radius 3 is 2.56 bits per heavy atom. The number of rotatable bonds is 2. The van der Waals surface area contributed by atoms with Crippen LogP contribution in [0.15, 0.2) is 38.6 Å². The normalized spacial score (nSPS) is 12.8. The molecule has 0 amide bonds. The molecule has 2 aromatic rings. The number of hydrogen-bond donors (Lipinski definition) is 1. The zero-order valence-corrected chi connectivity index (χ0v) is 12.8. The summed E-state index contributed by atoms with van der Waals surface area (Å²) in [6.07, 6.45) is 0. The Kier molecular flexibility index (Phi) is 4.08. The van der Waals surface area contributed by atoms with Crippen molar-refractivity contribution < 1.29 is 0 Å². The van der Waals surface area contributed by atoms with Gasteiger partial charge in [0.25, 0.3) is 0 Å². The van der Waals surface area contributed by atoms with Crippen molar-refractivity contribution >= 4 is 54.8 Å². The molecular formula is C11H8Br2ClNS. The van der Waals surface area contributed by atoms with Crippen molar-refractivity contribution in [2.75, 3.05) is 0 Å². The smallest absolute Gasteiger partial charge is 0.0672 e. The molecule has 16 heavy (non-hydrogen) atoms. The molecule has 0 radical (unpaired) electrons. The van der Waals surface area contributed by atoms with Gasteiger partial charge in [0.2, 0.25) is 0 Å². The van der Waals surface area contributed by atoms with Crippen molar-refractivity contribution in [2.45, 2.75) is 6.04 Å². The molecular weight excluding hydrogens is 373 g/mol. The Hall–Kier alpha value is 0.130. The minimum absolute atomic E-state index is 0.185. The molecule has 0 aliphatic carbocycles. The molecule has 0 bridgehead atoms. The van der Waals surface area contributed by atoms with Gasteiger partial charge in [0.15, 0.2) is 0 Å². The molecule has 0 aliphatic heterocycles. The second-order valence-electron chi connectivity index (χ2n) is 3.28. The molecule has 0 spiro atoms. The highest BCUT2D eigenvalue weighted by Crippen LogP contribution is 2.35. The number of thiophene rings is 1. The van der Waals surface area contributed by atoms with Crippen molar-refractivity contribution in [1.82, 2.24) is 0 Å². The Bertz CT molecular complexity index is 512. The van der Waals surface area contributed by atoms with Crippen LogP contribution in [0.25, 0.3) is 0 Å². The zero-order valence-electron chi connectivity index (χ0n) is 8.08. The minimum atomic E-state index is -0.185. The van der Waals surface area contributed by atoms with E-state index < -0.39 is 0 Å². The highest BCUT2D eigenvalue weighted by atomic mass is 79.9. The molecule has 1 atom stereocenters. The van der Waals surface area contributed by atoms with Crippen LogP contribution in [0.1, 0.15) is 16.5 Å². The average Bonchev–Trinajstić information content (AvgIpc) is 2.63. The first-order valence-electron chi connectivity index (χ1n) is 4.53. The van der Waals surface area contributed by atoms with Gasteiger partial charge in [-0.1, -0.05) is 33.6 Å². The van der Waals surface area contributed by atoms with E-state index in [0.29, 0.717) is 5.02 Å². The lowest BCUT2D eigenvalue weighted by molar-refractivity contribution is 0.889. The van der Waals surface area contributed by atoms with Crippen molar-refractivity contribution in [3.05, 3.63) is 54.1 Å². The van der Waals surface area contributed by atoms with Crippen LogP contribution in [0.4, 0.5) is 0 Å². The number of halogens is 3. The monoisotopic (exact) mass is 379 g/mol.